The second-order valence-corrected chi connectivity index (χ2v) is 9.19. The SMILES string of the molecule is Cl.Cn1c(C(=O)Nc2cccc(COc3cccc(OC4CCNCC4)c3)c2)cc2sccc21. The van der Waals surface area contributed by atoms with E-state index in [1.54, 1.807) is 11.3 Å². The highest BCUT2D eigenvalue weighted by Crippen LogP contribution is 2.26. The summed E-state index contributed by atoms with van der Waals surface area (Å²) in [7, 11) is 1.91. The van der Waals surface area contributed by atoms with Crippen molar-refractivity contribution in [2.24, 2.45) is 7.05 Å². The molecule has 1 aliphatic heterocycles. The minimum absolute atomic E-state index is 0. The maximum absolute atomic E-state index is 12.8. The quantitative estimate of drug-likeness (QED) is 0.347. The molecule has 3 heterocycles. The van der Waals surface area contributed by atoms with Crippen molar-refractivity contribution in [3.05, 3.63) is 77.3 Å². The third kappa shape index (κ3) is 5.55. The zero-order valence-corrected chi connectivity index (χ0v) is 20.6. The molecule has 0 spiro atoms. The van der Waals surface area contributed by atoms with Gasteiger partial charge in [-0.05, 0) is 73.3 Å². The Morgan fingerprint density at radius 1 is 1.09 bits per heavy atom. The van der Waals surface area contributed by atoms with E-state index in [1.807, 2.05) is 77.7 Å². The zero-order valence-electron chi connectivity index (χ0n) is 19.0. The van der Waals surface area contributed by atoms with Crippen molar-refractivity contribution in [2.45, 2.75) is 25.6 Å². The first-order chi connectivity index (χ1) is 16.2. The maximum atomic E-state index is 12.8. The summed E-state index contributed by atoms with van der Waals surface area (Å²) >= 11 is 1.63. The van der Waals surface area contributed by atoms with E-state index in [1.165, 1.54) is 0 Å². The molecule has 4 aromatic rings. The van der Waals surface area contributed by atoms with Crippen LogP contribution in [0.3, 0.4) is 0 Å². The molecule has 1 amide bonds. The number of aryl methyl sites for hydroxylation is 1. The van der Waals surface area contributed by atoms with Gasteiger partial charge < -0.3 is 24.7 Å². The number of thiophene rings is 1. The molecule has 8 heteroatoms. The molecule has 6 nitrogen and oxygen atoms in total. The van der Waals surface area contributed by atoms with E-state index >= 15 is 0 Å². The topological polar surface area (TPSA) is 64.5 Å². The maximum Gasteiger partial charge on any atom is 0.272 e. The van der Waals surface area contributed by atoms with Crippen molar-refractivity contribution < 1.29 is 14.3 Å². The van der Waals surface area contributed by atoms with Gasteiger partial charge in [0.2, 0.25) is 0 Å². The summed E-state index contributed by atoms with van der Waals surface area (Å²) in [6.07, 6.45) is 2.29. The van der Waals surface area contributed by atoms with E-state index in [2.05, 4.69) is 10.6 Å². The van der Waals surface area contributed by atoms with E-state index in [9.17, 15) is 4.79 Å². The lowest BCUT2D eigenvalue weighted by Gasteiger charge is -2.24. The van der Waals surface area contributed by atoms with E-state index in [0.717, 1.165) is 58.9 Å². The number of carbonyl (C=O) groups excluding carboxylic acids is 1. The monoisotopic (exact) mass is 497 g/mol. The number of piperidine rings is 1. The van der Waals surface area contributed by atoms with Gasteiger partial charge in [-0.25, -0.2) is 0 Å². The van der Waals surface area contributed by atoms with Crippen molar-refractivity contribution in [2.75, 3.05) is 18.4 Å². The Labute approximate surface area is 209 Å². The predicted molar refractivity (Wildman–Crippen MR) is 140 cm³/mol. The summed E-state index contributed by atoms with van der Waals surface area (Å²) in [4.78, 5) is 12.8. The van der Waals surface area contributed by atoms with Gasteiger partial charge in [0.25, 0.3) is 5.91 Å². The molecule has 1 aliphatic rings. The normalized spacial score (nSPS) is 13.9. The number of nitrogens with one attached hydrogen (secondary N) is 2. The molecule has 5 rings (SSSR count). The largest absolute Gasteiger partial charge is 0.490 e. The first-order valence-electron chi connectivity index (χ1n) is 11.2. The number of fused-ring (bicyclic) bond motifs is 1. The number of anilines is 1. The Morgan fingerprint density at radius 3 is 2.71 bits per heavy atom. The van der Waals surface area contributed by atoms with Crippen LogP contribution in [0.2, 0.25) is 0 Å². The Balaban J connectivity index is 0.00000274. The number of aromatic nitrogens is 1. The van der Waals surface area contributed by atoms with Crippen LogP contribution in [-0.4, -0.2) is 29.7 Å². The van der Waals surface area contributed by atoms with Crippen LogP contribution in [0.5, 0.6) is 11.5 Å². The highest BCUT2D eigenvalue weighted by atomic mass is 35.5. The van der Waals surface area contributed by atoms with Crippen molar-refractivity contribution in [1.29, 1.82) is 0 Å². The molecule has 0 atom stereocenters. The average Bonchev–Trinajstić information content (AvgIpc) is 3.42. The fourth-order valence-electron chi connectivity index (χ4n) is 4.11. The van der Waals surface area contributed by atoms with Crippen molar-refractivity contribution in [3.8, 4) is 11.5 Å². The van der Waals surface area contributed by atoms with Crippen LogP contribution in [0.15, 0.2) is 66.0 Å². The van der Waals surface area contributed by atoms with Crippen LogP contribution < -0.4 is 20.1 Å². The van der Waals surface area contributed by atoms with Crippen LogP contribution in [-0.2, 0) is 13.7 Å². The second kappa shape index (κ2) is 11.0. The number of benzene rings is 2. The molecular weight excluding hydrogens is 470 g/mol. The molecule has 2 N–H and O–H groups in total. The van der Waals surface area contributed by atoms with Gasteiger partial charge >= 0.3 is 0 Å². The summed E-state index contributed by atoms with van der Waals surface area (Å²) in [6.45, 7) is 2.40. The first kappa shape index (κ1) is 24.1. The van der Waals surface area contributed by atoms with Crippen LogP contribution in [0.4, 0.5) is 5.69 Å². The van der Waals surface area contributed by atoms with E-state index < -0.39 is 0 Å². The van der Waals surface area contributed by atoms with Gasteiger partial charge in [0, 0.05) is 18.8 Å². The van der Waals surface area contributed by atoms with E-state index in [4.69, 9.17) is 9.47 Å². The van der Waals surface area contributed by atoms with Gasteiger partial charge in [-0.1, -0.05) is 18.2 Å². The van der Waals surface area contributed by atoms with E-state index in [0.29, 0.717) is 12.3 Å². The molecule has 1 saturated heterocycles. The number of hydrogen-bond donors (Lipinski definition) is 2. The fourth-order valence-corrected chi connectivity index (χ4v) is 4.96. The molecule has 0 bridgehead atoms. The summed E-state index contributed by atoms with van der Waals surface area (Å²) in [5.41, 5.74) is 3.43. The highest BCUT2D eigenvalue weighted by Gasteiger charge is 2.15. The highest BCUT2D eigenvalue weighted by molar-refractivity contribution is 7.17. The van der Waals surface area contributed by atoms with Gasteiger partial charge in [-0.2, -0.15) is 0 Å². The fraction of sp³-hybridized carbons (Fsp3) is 0.269. The van der Waals surface area contributed by atoms with Crippen LogP contribution in [0, 0.1) is 0 Å². The number of ether oxygens (including phenoxy) is 2. The van der Waals surface area contributed by atoms with Crippen molar-refractivity contribution in [3.63, 3.8) is 0 Å². The third-order valence-corrected chi connectivity index (χ3v) is 6.73. The lowest BCUT2D eigenvalue weighted by molar-refractivity contribution is 0.101. The van der Waals surface area contributed by atoms with Gasteiger partial charge in [0.05, 0.1) is 10.2 Å². The molecule has 0 saturated carbocycles. The number of halogens is 1. The lowest BCUT2D eigenvalue weighted by Crippen LogP contribution is -2.34. The molecule has 178 valence electrons. The molecule has 0 radical (unpaired) electrons. The Morgan fingerprint density at radius 2 is 1.88 bits per heavy atom. The van der Waals surface area contributed by atoms with Crippen molar-refractivity contribution in [1.82, 2.24) is 9.88 Å². The Hall–Kier alpha value is -3.00. The third-order valence-electron chi connectivity index (χ3n) is 5.88. The minimum Gasteiger partial charge on any atom is -0.490 e. The second-order valence-electron chi connectivity index (χ2n) is 8.24. The molecule has 34 heavy (non-hydrogen) atoms. The van der Waals surface area contributed by atoms with Crippen LogP contribution in [0.1, 0.15) is 28.9 Å². The molecule has 0 unspecified atom stereocenters. The zero-order chi connectivity index (χ0) is 22.6. The lowest BCUT2D eigenvalue weighted by atomic mass is 10.1. The van der Waals surface area contributed by atoms with Crippen molar-refractivity contribution >= 4 is 45.6 Å². The van der Waals surface area contributed by atoms with Gasteiger partial charge in [-0.3, -0.25) is 4.79 Å². The summed E-state index contributed by atoms with van der Waals surface area (Å²) < 4.78 is 15.1. The average molecular weight is 498 g/mol. The van der Waals surface area contributed by atoms with Gasteiger partial charge in [0.1, 0.15) is 29.9 Å². The number of hydrogen-bond acceptors (Lipinski definition) is 5. The molecule has 1 fully saturated rings. The Bertz CT molecular complexity index is 1260. The number of nitrogens with zero attached hydrogens (tertiary/aromatic N) is 1. The van der Waals surface area contributed by atoms with Crippen LogP contribution in [0.25, 0.3) is 10.2 Å². The number of rotatable bonds is 7. The predicted octanol–water partition coefficient (Wildman–Crippen LogP) is 5.62. The Kier molecular flexibility index (Phi) is 7.77. The van der Waals surface area contributed by atoms with Gasteiger partial charge in [0.15, 0.2) is 0 Å². The van der Waals surface area contributed by atoms with E-state index in [-0.39, 0.29) is 24.4 Å². The smallest absolute Gasteiger partial charge is 0.272 e. The first-order valence-corrected chi connectivity index (χ1v) is 12.1. The summed E-state index contributed by atoms with van der Waals surface area (Å²) in [5.74, 6) is 1.48. The van der Waals surface area contributed by atoms with Gasteiger partial charge in [-0.15, -0.1) is 23.7 Å². The molecular formula is C26H28ClN3O3S. The van der Waals surface area contributed by atoms with Crippen LogP contribution >= 0.6 is 23.7 Å². The number of amides is 1. The molecule has 2 aromatic carbocycles. The standard InChI is InChI=1S/C26H27N3O3S.ClH/c1-29-23-10-13-33-25(23)16-24(29)26(30)28-19-5-2-4-18(14-19)17-31-21-6-3-7-22(15-21)32-20-8-11-27-12-9-20;/h2-7,10,13-16,20,27H,8-9,11-12,17H2,1H3,(H,28,30);1H. The molecule has 0 aliphatic carbocycles. The minimum atomic E-state index is -0.123. The summed E-state index contributed by atoms with van der Waals surface area (Å²) in [6, 6.07) is 19.5. The number of carbonyl (C=O) groups is 1. The molecule has 2 aromatic heterocycles. The summed E-state index contributed by atoms with van der Waals surface area (Å²) in [5, 5.41) is 8.39.